The molecule has 108 valence electrons. The van der Waals surface area contributed by atoms with Gasteiger partial charge in [-0.3, -0.25) is 4.79 Å². The number of hydrogen-bond acceptors (Lipinski definition) is 1. The van der Waals surface area contributed by atoms with E-state index in [2.05, 4.69) is 37.9 Å². The summed E-state index contributed by atoms with van der Waals surface area (Å²) < 4.78 is 0. The number of halogens is 6. The van der Waals surface area contributed by atoms with E-state index in [9.17, 15) is 4.79 Å². The lowest BCUT2D eigenvalue weighted by Crippen LogP contribution is -2.74. The number of Topliss-reactive ketones (excluding diaryl/α,β-unsaturated/α-hetero) is 1. The molecule has 8 atom stereocenters. The van der Waals surface area contributed by atoms with Crippen molar-refractivity contribution in [1.29, 1.82) is 0 Å². The van der Waals surface area contributed by atoms with Crippen molar-refractivity contribution in [3.8, 4) is 0 Å². The predicted molar refractivity (Wildman–Crippen MR) is 89.4 cm³/mol. The summed E-state index contributed by atoms with van der Waals surface area (Å²) in [6, 6.07) is 0. The molecule has 0 spiro atoms. The van der Waals surface area contributed by atoms with Gasteiger partial charge in [0.1, 0.15) is 14.8 Å². The van der Waals surface area contributed by atoms with Gasteiger partial charge < -0.3 is 0 Å². The summed E-state index contributed by atoms with van der Waals surface area (Å²) in [6.45, 7) is 0. The molecule has 0 saturated heterocycles. The molecule has 0 radical (unpaired) electrons. The van der Waals surface area contributed by atoms with Gasteiger partial charge in [0, 0.05) is 21.5 Å². The molecule has 0 amide bonds. The minimum Gasteiger partial charge on any atom is -0.291 e. The maximum Gasteiger partial charge on any atom is 0.199 e. The van der Waals surface area contributed by atoms with Gasteiger partial charge in [-0.05, 0) is 11.8 Å². The number of allylic oxidation sites excluding steroid dienone is 4. The lowest BCUT2D eigenvalue weighted by atomic mass is 9.46. The molecule has 0 heterocycles. The molecular weight excluding hydrogens is 474 g/mol. The molecule has 2 saturated carbocycles. The van der Waals surface area contributed by atoms with Crippen molar-refractivity contribution in [2.24, 2.45) is 23.7 Å². The standard InChI is InChI=1S/C13H8Br2Cl4O/c14-7-5-3-1-2-4(6(5)8(7)15)13(19)11(20)9(16)10(17)12(3,13)18/h1-8H. The third-order valence-corrected chi connectivity index (χ3v) is 11.0. The highest BCUT2D eigenvalue weighted by Crippen LogP contribution is 2.73. The van der Waals surface area contributed by atoms with Crippen LogP contribution < -0.4 is 0 Å². The summed E-state index contributed by atoms with van der Waals surface area (Å²) in [4.78, 5) is 10.8. The van der Waals surface area contributed by atoms with E-state index in [0.29, 0.717) is 10.7 Å². The largest absolute Gasteiger partial charge is 0.291 e. The van der Waals surface area contributed by atoms with Gasteiger partial charge >= 0.3 is 0 Å². The molecule has 0 aromatic rings. The van der Waals surface area contributed by atoms with E-state index in [0.717, 1.165) is 0 Å². The van der Waals surface area contributed by atoms with Crippen LogP contribution in [-0.2, 0) is 4.79 Å². The quantitative estimate of drug-likeness (QED) is 0.359. The molecule has 1 nitrogen and oxygen atoms in total. The molecule has 0 aromatic heterocycles. The molecule has 0 aliphatic heterocycles. The van der Waals surface area contributed by atoms with Crippen molar-refractivity contribution in [2.75, 3.05) is 0 Å². The average Bonchev–Trinajstić information content (AvgIpc) is 2.60. The highest BCUT2D eigenvalue weighted by atomic mass is 79.9. The third-order valence-electron chi connectivity index (χ3n) is 5.33. The highest BCUT2D eigenvalue weighted by Gasteiger charge is 2.79. The van der Waals surface area contributed by atoms with Crippen molar-refractivity contribution < 1.29 is 4.79 Å². The normalized spacial score (nSPS) is 59.6. The number of hydrogen-bond donors (Lipinski definition) is 0. The molecule has 5 aliphatic rings. The van der Waals surface area contributed by atoms with E-state index in [4.69, 9.17) is 46.4 Å². The first-order valence-electron chi connectivity index (χ1n) is 6.22. The molecule has 5 rings (SSSR count). The van der Waals surface area contributed by atoms with Gasteiger partial charge in [0.25, 0.3) is 0 Å². The summed E-state index contributed by atoms with van der Waals surface area (Å²) >= 11 is 33.4. The minimum atomic E-state index is -1.26. The van der Waals surface area contributed by atoms with Crippen LogP contribution in [0.4, 0.5) is 0 Å². The van der Waals surface area contributed by atoms with E-state index in [-0.39, 0.29) is 38.4 Å². The zero-order valence-electron chi connectivity index (χ0n) is 9.79. The summed E-state index contributed by atoms with van der Waals surface area (Å²) in [7, 11) is 0. The fourth-order valence-corrected chi connectivity index (χ4v) is 8.33. The molecule has 0 aromatic carbocycles. The summed E-state index contributed by atoms with van der Waals surface area (Å²) in [5.74, 6) is -0.0103. The Hall–Kier alpha value is 1.27. The van der Waals surface area contributed by atoms with Crippen LogP contribution in [0.2, 0.25) is 0 Å². The Bertz CT molecular complexity index is 605. The molecule has 0 N–H and O–H groups in total. The van der Waals surface area contributed by atoms with Crippen LogP contribution in [0.5, 0.6) is 0 Å². The van der Waals surface area contributed by atoms with Crippen LogP contribution in [0, 0.1) is 23.7 Å². The summed E-state index contributed by atoms with van der Waals surface area (Å²) in [6.07, 6.45) is 4.07. The van der Waals surface area contributed by atoms with Crippen LogP contribution in [0.3, 0.4) is 0 Å². The molecule has 20 heavy (non-hydrogen) atoms. The molecule has 5 aliphatic carbocycles. The fraction of sp³-hybridized carbons (Fsp3) is 0.615. The zero-order valence-corrected chi connectivity index (χ0v) is 16.0. The number of ketones is 1. The van der Waals surface area contributed by atoms with E-state index in [1.807, 2.05) is 6.08 Å². The Labute approximate surface area is 153 Å². The van der Waals surface area contributed by atoms with Gasteiger partial charge in [-0.2, -0.15) is 0 Å². The molecular formula is C13H8Br2Cl4O. The lowest BCUT2D eigenvalue weighted by molar-refractivity contribution is -0.122. The van der Waals surface area contributed by atoms with Gasteiger partial charge in [-0.25, -0.2) is 0 Å². The molecule has 7 heteroatoms. The van der Waals surface area contributed by atoms with Crippen molar-refractivity contribution >= 4 is 84.0 Å². The first-order valence-corrected chi connectivity index (χ1v) is 9.57. The number of alkyl halides is 4. The van der Waals surface area contributed by atoms with Gasteiger partial charge in [-0.1, -0.05) is 67.2 Å². The maximum atomic E-state index is 12.6. The topological polar surface area (TPSA) is 17.1 Å². The van der Waals surface area contributed by atoms with Crippen LogP contribution in [0.1, 0.15) is 0 Å². The van der Waals surface area contributed by atoms with Crippen LogP contribution in [0.25, 0.3) is 0 Å². The molecule has 2 fully saturated rings. The first-order chi connectivity index (χ1) is 9.27. The average molecular weight is 482 g/mol. The van der Waals surface area contributed by atoms with Crippen LogP contribution in [0.15, 0.2) is 22.2 Å². The number of carbonyl (C=O) groups excluding carboxylic acids is 1. The van der Waals surface area contributed by atoms with Crippen molar-refractivity contribution in [3.05, 3.63) is 22.2 Å². The van der Waals surface area contributed by atoms with Crippen molar-refractivity contribution in [3.63, 3.8) is 0 Å². The smallest absolute Gasteiger partial charge is 0.199 e. The second-order valence-corrected chi connectivity index (χ2v) is 9.92. The highest BCUT2D eigenvalue weighted by molar-refractivity contribution is 9.12. The molecule has 8 unspecified atom stereocenters. The Balaban J connectivity index is 1.96. The zero-order chi connectivity index (χ0) is 14.6. The third kappa shape index (κ3) is 1.27. The van der Waals surface area contributed by atoms with E-state index in [1.165, 1.54) is 0 Å². The van der Waals surface area contributed by atoms with E-state index in [1.54, 1.807) is 0 Å². The Morgan fingerprint density at radius 1 is 0.950 bits per heavy atom. The Morgan fingerprint density at radius 3 is 1.90 bits per heavy atom. The first kappa shape index (κ1) is 14.8. The minimum absolute atomic E-state index is 0.00564. The van der Waals surface area contributed by atoms with Crippen molar-refractivity contribution in [2.45, 2.75) is 19.4 Å². The number of carbonyl (C=O) groups is 1. The Morgan fingerprint density at radius 2 is 1.40 bits per heavy atom. The van der Waals surface area contributed by atoms with Gasteiger partial charge in [0.2, 0.25) is 0 Å². The van der Waals surface area contributed by atoms with Crippen LogP contribution in [-0.4, -0.2) is 25.2 Å². The fourth-order valence-electron chi connectivity index (χ4n) is 4.40. The summed E-state index contributed by atoms with van der Waals surface area (Å²) in [5.41, 5.74) is 0. The van der Waals surface area contributed by atoms with E-state index < -0.39 is 9.75 Å². The second-order valence-electron chi connectivity index (χ2n) is 5.86. The predicted octanol–water partition coefficient (Wildman–Crippen LogP) is 4.80. The second kappa shape index (κ2) is 4.21. The van der Waals surface area contributed by atoms with Crippen molar-refractivity contribution in [1.82, 2.24) is 0 Å². The Kier molecular flexibility index (Phi) is 3.13. The number of rotatable bonds is 0. The summed E-state index contributed by atoms with van der Waals surface area (Å²) in [5, 5.41) is 0.199. The SMILES string of the molecule is O=C1C(Cl)=C(Cl)C2(Cl)C3C=CC(C4C(Br)C(Br)C43)C12Cl. The monoisotopic (exact) mass is 478 g/mol. The maximum absolute atomic E-state index is 12.6. The van der Waals surface area contributed by atoms with Gasteiger partial charge in [-0.15, -0.1) is 23.2 Å². The van der Waals surface area contributed by atoms with Gasteiger partial charge in [0.05, 0.1) is 5.03 Å². The lowest BCUT2D eigenvalue weighted by Gasteiger charge is -2.66. The van der Waals surface area contributed by atoms with Crippen LogP contribution >= 0.6 is 78.3 Å². The molecule has 2 bridgehead atoms. The van der Waals surface area contributed by atoms with E-state index >= 15 is 0 Å². The van der Waals surface area contributed by atoms with Gasteiger partial charge in [0.15, 0.2) is 5.78 Å².